The van der Waals surface area contributed by atoms with Gasteiger partial charge in [-0.15, -0.1) is 0 Å². The van der Waals surface area contributed by atoms with Gasteiger partial charge in [0.15, 0.2) is 6.61 Å². The first kappa shape index (κ1) is 21.0. The first-order chi connectivity index (χ1) is 12.8. The number of anilines is 1. The van der Waals surface area contributed by atoms with Crippen LogP contribution in [0.3, 0.4) is 0 Å². The summed E-state index contributed by atoms with van der Waals surface area (Å²) < 4.78 is 5.77. The third-order valence-corrected chi connectivity index (χ3v) is 4.84. The number of hydrogen-bond acceptors (Lipinski definition) is 4. The number of nitriles is 1. The number of carboxylic acids is 1. The zero-order valence-electron chi connectivity index (χ0n) is 13.5. The lowest BCUT2D eigenvalue weighted by molar-refractivity contribution is -0.139. The molecule has 0 saturated heterocycles. The highest BCUT2D eigenvalue weighted by Gasteiger charge is 2.13. The Morgan fingerprint density at radius 1 is 1.30 bits per heavy atom. The predicted molar refractivity (Wildman–Crippen MR) is 111 cm³/mol. The van der Waals surface area contributed by atoms with Crippen LogP contribution >= 0.6 is 45.8 Å². The van der Waals surface area contributed by atoms with E-state index in [1.165, 1.54) is 6.08 Å². The monoisotopic (exact) mass is 516 g/mol. The minimum atomic E-state index is -1.09. The van der Waals surface area contributed by atoms with Crippen LogP contribution in [0.2, 0.25) is 10.0 Å². The number of carbonyl (C=O) groups is 2. The molecule has 9 heteroatoms. The summed E-state index contributed by atoms with van der Waals surface area (Å²) in [5, 5.41) is 21.0. The van der Waals surface area contributed by atoms with Gasteiger partial charge in [-0.25, -0.2) is 4.79 Å². The van der Waals surface area contributed by atoms with Crippen molar-refractivity contribution in [1.82, 2.24) is 0 Å². The number of rotatable bonds is 6. The largest absolute Gasteiger partial charge is 0.481 e. The van der Waals surface area contributed by atoms with E-state index in [1.807, 2.05) is 28.7 Å². The highest BCUT2D eigenvalue weighted by molar-refractivity contribution is 14.1. The lowest BCUT2D eigenvalue weighted by Gasteiger charge is -2.08. The number of carbonyl (C=O) groups excluding carboxylic acids is 1. The second kappa shape index (κ2) is 9.60. The highest BCUT2D eigenvalue weighted by Crippen LogP contribution is 2.30. The van der Waals surface area contributed by atoms with Gasteiger partial charge in [0.2, 0.25) is 0 Å². The Labute approximate surface area is 178 Å². The van der Waals surface area contributed by atoms with Crippen molar-refractivity contribution >= 4 is 69.4 Å². The lowest BCUT2D eigenvalue weighted by atomic mass is 10.1. The van der Waals surface area contributed by atoms with Crippen LogP contribution in [0.4, 0.5) is 5.69 Å². The third-order valence-electron chi connectivity index (χ3n) is 3.18. The Morgan fingerprint density at radius 3 is 2.67 bits per heavy atom. The van der Waals surface area contributed by atoms with Gasteiger partial charge in [0, 0.05) is 0 Å². The molecule has 6 nitrogen and oxygen atoms in total. The van der Waals surface area contributed by atoms with Crippen molar-refractivity contribution in [2.75, 3.05) is 11.9 Å². The number of aliphatic carboxylic acids is 1. The van der Waals surface area contributed by atoms with E-state index in [9.17, 15) is 14.9 Å². The first-order valence-corrected chi connectivity index (χ1v) is 9.16. The summed E-state index contributed by atoms with van der Waals surface area (Å²) in [6, 6.07) is 11.4. The van der Waals surface area contributed by atoms with E-state index < -0.39 is 18.5 Å². The van der Waals surface area contributed by atoms with Crippen LogP contribution in [0.5, 0.6) is 5.75 Å². The standard InChI is InChI=1S/C18H11Cl2IN2O4/c19-12-2-1-3-14(17(12)20)23-18(26)11(8-22)6-10-4-5-15(13(21)7-10)27-9-16(24)25/h1-7H,9H2,(H,23,26)(H,24,25)/b11-6-. The smallest absolute Gasteiger partial charge is 0.341 e. The Balaban J connectivity index is 2.21. The quantitative estimate of drug-likeness (QED) is 0.332. The molecule has 0 bridgehead atoms. The first-order valence-electron chi connectivity index (χ1n) is 7.33. The molecule has 138 valence electrons. The molecule has 0 spiro atoms. The maximum Gasteiger partial charge on any atom is 0.341 e. The number of carboxylic acid groups (broad SMARTS) is 1. The zero-order valence-corrected chi connectivity index (χ0v) is 17.2. The average Bonchev–Trinajstić information content (AvgIpc) is 2.62. The molecule has 0 aliphatic rings. The van der Waals surface area contributed by atoms with Crippen molar-refractivity contribution < 1.29 is 19.4 Å². The molecular formula is C18H11Cl2IN2O4. The molecule has 2 aromatic rings. The van der Waals surface area contributed by atoms with Crippen LogP contribution in [-0.4, -0.2) is 23.6 Å². The van der Waals surface area contributed by atoms with E-state index in [0.29, 0.717) is 20.6 Å². The summed E-state index contributed by atoms with van der Waals surface area (Å²) in [7, 11) is 0. The summed E-state index contributed by atoms with van der Waals surface area (Å²) >= 11 is 13.9. The van der Waals surface area contributed by atoms with Gasteiger partial charge < -0.3 is 15.2 Å². The van der Waals surface area contributed by atoms with Crippen molar-refractivity contribution in [1.29, 1.82) is 5.26 Å². The number of benzene rings is 2. The van der Waals surface area contributed by atoms with Gasteiger partial charge in [-0.1, -0.05) is 35.3 Å². The summed E-state index contributed by atoms with van der Waals surface area (Å²) in [5.41, 5.74) is 0.731. The summed E-state index contributed by atoms with van der Waals surface area (Å²) in [4.78, 5) is 22.9. The van der Waals surface area contributed by atoms with Crippen LogP contribution in [0, 0.1) is 14.9 Å². The van der Waals surface area contributed by atoms with E-state index in [-0.39, 0.29) is 15.6 Å². The topological polar surface area (TPSA) is 99.4 Å². The molecule has 2 rings (SSSR count). The van der Waals surface area contributed by atoms with Gasteiger partial charge in [0.1, 0.15) is 17.4 Å². The molecule has 0 aliphatic heterocycles. The second-order valence-electron chi connectivity index (χ2n) is 5.10. The van der Waals surface area contributed by atoms with Gasteiger partial charge in [-0.05, 0) is 58.5 Å². The Hall–Kier alpha value is -2.28. The number of halogens is 3. The van der Waals surface area contributed by atoms with Crippen molar-refractivity contribution in [3.05, 3.63) is 61.2 Å². The van der Waals surface area contributed by atoms with Gasteiger partial charge in [-0.3, -0.25) is 4.79 Å². The van der Waals surface area contributed by atoms with Crippen LogP contribution in [0.1, 0.15) is 5.56 Å². The molecule has 2 N–H and O–H groups in total. The number of nitrogens with one attached hydrogen (secondary N) is 1. The number of hydrogen-bond donors (Lipinski definition) is 2. The number of ether oxygens (including phenoxy) is 1. The van der Waals surface area contributed by atoms with Crippen LogP contribution < -0.4 is 10.1 Å². The van der Waals surface area contributed by atoms with Gasteiger partial charge >= 0.3 is 5.97 Å². The lowest BCUT2D eigenvalue weighted by Crippen LogP contribution is -2.13. The molecule has 0 heterocycles. The fourth-order valence-electron chi connectivity index (χ4n) is 1.97. The van der Waals surface area contributed by atoms with Crippen LogP contribution in [-0.2, 0) is 9.59 Å². The van der Waals surface area contributed by atoms with Crippen molar-refractivity contribution in [3.8, 4) is 11.8 Å². The fraction of sp³-hybridized carbons (Fsp3) is 0.0556. The molecule has 0 unspecified atom stereocenters. The van der Waals surface area contributed by atoms with Crippen molar-refractivity contribution in [2.45, 2.75) is 0 Å². The summed E-state index contributed by atoms with van der Waals surface area (Å²) in [6.45, 7) is -0.461. The van der Waals surface area contributed by atoms with Gasteiger partial charge in [-0.2, -0.15) is 5.26 Å². The summed E-state index contributed by atoms with van der Waals surface area (Å²) in [5.74, 6) is -1.33. The molecule has 0 atom stereocenters. The molecule has 1 amide bonds. The molecule has 2 aromatic carbocycles. The normalized spacial score (nSPS) is 10.8. The SMILES string of the molecule is N#C/C(=C/c1ccc(OCC(=O)O)c(I)c1)C(=O)Nc1cccc(Cl)c1Cl. The van der Waals surface area contributed by atoms with Gasteiger partial charge in [0.05, 0.1) is 19.3 Å². The third kappa shape index (κ3) is 5.85. The van der Waals surface area contributed by atoms with Crippen molar-refractivity contribution in [2.24, 2.45) is 0 Å². The predicted octanol–water partition coefficient (Wildman–Crippen LogP) is 4.61. The van der Waals surface area contributed by atoms with E-state index >= 15 is 0 Å². The summed E-state index contributed by atoms with van der Waals surface area (Å²) in [6.07, 6.45) is 1.40. The fourth-order valence-corrected chi connectivity index (χ4v) is 3.01. The van der Waals surface area contributed by atoms with E-state index in [4.69, 9.17) is 33.0 Å². The Kier molecular flexibility index (Phi) is 7.47. The maximum absolute atomic E-state index is 12.3. The highest BCUT2D eigenvalue weighted by atomic mass is 127. The Morgan fingerprint density at radius 2 is 2.04 bits per heavy atom. The zero-order chi connectivity index (χ0) is 20.0. The number of amides is 1. The Bertz CT molecular complexity index is 970. The van der Waals surface area contributed by atoms with Crippen LogP contribution in [0.25, 0.3) is 6.08 Å². The maximum atomic E-state index is 12.3. The molecular weight excluding hydrogens is 506 g/mol. The van der Waals surface area contributed by atoms with E-state index in [1.54, 1.807) is 36.4 Å². The van der Waals surface area contributed by atoms with Crippen LogP contribution in [0.15, 0.2) is 42.0 Å². The minimum absolute atomic E-state index is 0.138. The van der Waals surface area contributed by atoms with E-state index in [0.717, 1.165) is 0 Å². The van der Waals surface area contributed by atoms with E-state index in [2.05, 4.69) is 5.32 Å². The molecule has 0 radical (unpaired) electrons. The molecule has 27 heavy (non-hydrogen) atoms. The molecule has 0 fully saturated rings. The van der Waals surface area contributed by atoms with Crippen molar-refractivity contribution in [3.63, 3.8) is 0 Å². The second-order valence-corrected chi connectivity index (χ2v) is 7.04. The number of nitrogens with zero attached hydrogens (tertiary/aromatic N) is 1. The van der Waals surface area contributed by atoms with Gasteiger partial charge in [0.25, 0.3) is 5.91 Å². The average molecular weight is 517 g/mol. The minimum Gasteiger partial charge on any atom is -0.481 e. The molecule has 0 aromatic heterocycles. The molecule has 0 aliphatic carbocycles. The molecule has 0 saturated carbocycles.